The number of anilines is 1. The predicted octanol–water partition coefficient (Wildman–Crippen LogP) is 3.69. The number of fused-ring (bicyclic) bond motifs is 1. The highest BCUT2D eigenvalue weighted by Crippen LogP contribution is 2.35. The predicted molar refractivity (Wildman–Crippen MR) is 98.8 cm³/mol. The fourth-order valence-electron chi connectivity index (χ4n) is 2.51. The van der Waals surface area contributed by atoms with Crippen molar-refractivity contribution in [3.05, 3.63) is 47.9 Å². The van der Waals surface area contributed by atoms with E-state index in [0.29, 0.717) is 24.0 Å². The van der Waals surface area contributed by atoms with Crippen molar-refractivity contribution in [1.82, 2.24) is 5.32 Å². The Kier molecular flexibility index (Phi) is 5.18. The summed E-state index contributed by atoms with van der Waals surface area (Å²) in [6.45, 7) is 6.39. The van der Waals surface area contributed by atoms with Crippen LogP contribution >= 0.6 is 11.8 Å². The van der Waals surface area contributed by atoms with Crippen LogP contribution in [0.3, 0.4) is 0 Å². The summed E-state index contributed by atoms with van der Waals surface area (Å²) in [4.78, 5) is 27.3. The van der Waals surface area contributed by atoms with Crippen LogP contribution in [-0.2, 0) is 11.3 Å². The fourth-order valence-corrected chi connectivity index (χ4v) is 3.45. The minimum absolute atomic E-state index is 0.0412. The highest BCUT2D eigenvalue weighted by Gasteiger charge is 2.26. The third kappa shape index (κ3) is 3.90. The SMILES string of the molecule is CC(C)C(C)NC(=O)c1ccc(CN2C(=O)CSc3ccccc32)o1. The Balaban J connectivity index is 1.73. The van der Waals surface area contributed by atoms with Gasteiger partial charge in [0.05, 0.1) is 18.0 Å². The molecule has 0 aliphatic carbocycles. The molecule has 0 saturated carbocycles. The molecule has 0 saturated heterocycles. The number of nitrogens with one attached hydrogen (secondary N) is 1. The minimum Gasteiger partial charge on any atom is -0.454 e. The Labute approximate surface area is 151 Å². The molecular formula is C19H22N2O3S. The van der Waals surface area contributed by atoms with Crippen LogP contribution < -0.4 is 10.2 Å². The standard InChI is InChI=1S/C19H22N2O3S/c1-12(2)13(3)20-19(23)16-9-8-14(24-16)10-21-15-6-4-5-7-17(15)25-11-18(21)22/h4-9,12-13H,10-11H2,1-3H3,(H,20,23). The number of carbonyl (C=O) groups is 2. The Morgan fingerprint density at radius 1 is 1.24 bits per heavy atom. The third-order valence-corrected chi connectivity index (χ3v) is 5.41. The van der Waals surface area contributed by atoms with Crippen LogP contribution in [0.5, 0.6) is 0 Å². The zero-order valence-corrected chi connectivity index (χ0v) is 15.4. The summed E-state index contributed by atoms with van der Waals surface area (Å²) in [6.07, 6.45) is 0. The van der Waals surface area contributed by atoms with E-state index in [1.807, 2.05) is 31.2 Å². The van der Waals surface area contributed by atoms with Gasteiger partial charge in [0, 0.05) is 10.9 Å². The van der Waals surface area contributed by atoms with Gasteiger partial charge in [-0.25, -0.2) is 0 Å². The topological polar surface area (TPSA) is 62.6 Å². The minimum atomic E-state index is -0.228. The molecule has 0 bridgehead atoms. The van der Waals surface area contributed by atoms with Gasteiger partial charge in [-0.15, -0.1) is 11.8 Å². The van der Waals surface area contributed by atoms with Crippen molar-refractivity contribution in [3.63, 3.8) is 0 Å². The van der Waals surface area contributed by atoms with Crippen molar-refractivity contribution in [1.29, 1.82) is 0 Å². The molecule has 1 aromatic heterocycles. The van der Waals surface area contributed by atoms with Crippen LogP contribution in [0, 0.1) is 5.92 Å². The molecule has 0 spiro atoms. The smallest absolute Gasteiger partial charge is 0.287 e. The number of rotatable bonds is 5. The van der Waals surface area contributed by atoms with Crippen LogP contribution in [-0.4, -0.2) is 23.6 Å². The summed E-state index contributed by atoms with van der Waals surface area (Å²) in [6, 6.07) is 11.3. The van der Waals surface area contributed by atoms with Gasteiger partial charge in [-0.1, -0.05) is 26.0 Å². The average Bonchev–Trinajstić information content (AvgIpc) is 3.06. The summed E-state index contributed by atoms with van der Waals surface area (Å²) in [5.74, 6) is 1.44. The molecular weight excluding hydrogens is 336 g/mol. The van der Waals surface area contributed by atoms with Crippen molar-refractivity contribution in [2.45, 2.75) is 38.3 Å². The van der Waals surface area contributed by atoms with E-state index in [-0.39, 0.29) is 23.6 Å². The lowest BCUT2D eigenvalue weighted by Crippen LogP contribution is -2.36. The van der Waals surface area contributed by atoms with Gasteiger partial charge in [-0.3, -0.25) is 9.59 Å². The van der Waals surface area contributed by atoms with Crippen molar-refractivity contribution in [2.24, 2.45) is 5.92 Å². The van der Waals surface area contributed by atoms with E-state index in [9.17, 15) is 9.59 Å². The number of amides is 2. The van der Waals surface area contributed by atoms with Crippen molar-refractivity contribution < 1.29 is 14.0 Å². The number of carbonyl (C=O) groups excluding carboxylic acids is 2. The Bertz CT molecular complexity index is 784. The maximum atomic E-state index is 12.3. The molecule has 25 heavy (non-hydrogen) atoms. The molecule has 1 atom stereocenters. The molecule has 1 unspecified atom stereocenters. The quantitative estimate of drug-likeness (QED) is 0.885. The summed E-state index contributed by atoms with van der Waals surface area (Å²) >= 11 is 1.54. The molecule has 1 aromatic carbocycles. The van der Waals surface area contributed by atoms with E-state index in [1.165, 1.54) is 0 Å². The second-order valence-electron chi connectivity index (χ2n) is 6.51. The van der Waals surface area contributed by atoms with Crippen LogP contribution in [0.1, 0.15) is 37.1 Å². The molecule has 1 aliphatic heterocycles. The molecule has 1 aliphatic rings. The molecule has 2 amide bonds. The number of furan rings is 1. The Hall–Kier alpha value is -2.21. The van der Waals surface area contributed by atoms with Gasteiger partial charge in [0.1, 0.15) is 5.76 Å². The molecule has 0 fully saturated rings. The molecule has 3 rings (SSSR count). The Morgan fingerprint density at radius 2 is 2.00 bits per heavy atom. The number of hydrogen-bond donors (Lipinski definition) is 1. The number of para-hydroxylation sites is 1. The van der Waals surface area contributed by atoms with E-state index >= 15 is 0 Å². The summed E-state index contributed by atoms with van der Waals surface area (Å²) < 4.78 is 5.68. The first-order valence-corrected chi connectivity index (χ1v) is 9.36. The maximum absolute atomic E-state index is 12.3. The summed E-state index contributed by atoms with van der Waals surface area (Å²) in [5, 5.41) is 2.92. The zero-order chi connectivity index (χ0) is 18.0. The first kappa shape index (κ1) is 17.6. The zero-order valence-electron chi connectivity index (χ0n) is 14.6. The van der Waals surface area contributed by atoms with E-state index < -0.39 is 0 Å². The average molecular weight is 358 g/mol. The summed E-state index contributed by atoms with van der Waals surface area (Å²) in [7, 11) is 0. The van der Waals surface area contributed by atoms with Crippen LogP contribution in [0.15, 0.2) is 45.7 Å². The molecule has 2 heterocycles. The first-order chi connectivity index (χ1) is 12.0. The van der Waals surface area contributed by atoms with Gasteiger partial charge in [0.15, 0.2) is 5.76 Å². The van der Waals surface area contributed by atoms with Gasteiger partial charge < -0.3 is 14.6 Å². The van der Waals surface area contributed by atoms with Crippen molar-refractivity contribution >= 4 is 29.3 Å². The lowest BCUT2D eigenvalue weighted by Gasteiger charge is -2.28. The summed E-state index contributed by atoms with van der Waals surface area (Å²) in [5.41, 5.74) is 0.889. The monoisotopic (exact) mass is 358 g/mol. The Morgan fingerprint density at radius 3 is 2.76 bits per heavy atom. The molecule has 1 N–H and O–H groups in total. The number of thioether (sulfide) groups is 1. The number of benzene rings is 1. The van der Waals surface area contributed by atoms with Crippen LogP contribution in [0.25, 0.3) is 0 Å². The maximum Gasteiger partial charge on any atom is 0.287 e. The van der Waals surface area contributed by atoms with E-state index in [1.54, 1.807) is 28.8 Å². The van der Waals surface area contributed by atoms with Gasteiger partial charge in [-0.05, 0) is 37.1 Å². The largest absolute Gasteiger partial charge is 0.454 e. The van der Waals surface area contributed by atoms with Crippen molar-refractivity contribution in [2.75, 3.05) is 10.7 Å². The lowest BCUT2D eigenvalue weighted by atomic mass is 10.1. The highest BCUT2D eigenvalue weighted by molar-refractivity contribution is 8.00. The molecule has 6 heteroatoms. The third-order valence-electron chi connectivity index (χ3n) is 4.37. The lowest BCUT2D eigenvalue weighted by molar-refractivity contribution is -0.116. The van der Waals surface area contributed by atoms with Gasteiger partial charge in [0.2, 0.25) is 5.91 Å². The van der Waals surface area contributed by atoms with E-state index in [0.717, 1.165) is 10.6 Å². The first-order valence-electron chi connectivity index (χ1n) is 8.37. The second-order valence-corrected chi connectivity index (χ2v) is 7.53. The number of hydrogen-bond acceptors (Lipinski definition) is 4. The normalized spacial score (nSPS) is 15.2. The highest BCUT2D eigenvalue weighted by atomic mass is 32.2. The molecule has 5 nitrogen and oxygen atoms in total. The number of nitrogens with zero attached hydrogens (tertiary/aromatic N) is 1. The van der Waals surface area contributed by atoms with Gasteiger partial charge in [-0.2, -0.15) is 0 Å². The van der Waals surface area contributed by atoms with Gasteiger partial charge in [0.25, 0.3) is 5.91 Å². The fraction of sp³-hybridized carbons (Fsp3) is 0.368. The molecule has 2 aromatic rings. The van der Waals surface area contributed by atoms with E-state index in [2.05, 4.69) is 19.2 Å². The van der Waals surface area contributed by atoms with Crippen LogP contribution in [0.2, 0.25) is 0 Å². The second kappa shape index (κ2) is 7.35. The molecule has 0 radical (unpaired) electrons. The van der Waals surface area contributed by atoms with Crippen LogP contribution in [0.4, 0.5) is 5.69 Å². The van der Waals surface area contributed by atoms with Crippen molar-refractivity contribution in [3.8, 4) is 0 Å². The van der Waals surface area contributed by atoms with E-state index in [4.69, 9.17) is 4.42 Å². The molecule has 132 valence electrons. The van der Waals surface area contributed by atoms with Gasteiger partial charge >= 0.3 is 0 Å².